The van der Waals surface area contributed by atoms with Gasteiger partial charge in [-0.1, -0.05) is 0 Å². The molecule has 0 fully saturated rings. The predicted octanol–water partition coefficient (Wildman–Crippen LogP) is 3.42. The van der Waals surface area contributed by atoms with Gasteiger partial charge in [0.2, 0.25) is 0 Å². The average Bonchev–Trinajstić information content (AvgIpc) is 2.94. The number of halogens is 2. The maximum Gasteiger partial charge on any atom is 0.261 e. The van der Waals surface area contributed by atoms with Crippen molar-refractivity contribution >= 4 is 49.1 Å². The van der Waals surface area contributed by atoms with Crippen LogP contribution in [-0.2, 0) is 13.1 Å². The fourth-order valence-electron chi connectivity index (χ4n) is 1.40. The van der Waals surface area contributed by atoms with Gasteiger partial charge in [-0.3, -0.25) is 9.48 Å². The zero-order valence-electron chi connectivity index (χ0n) is 9.61. The minimum Gasteiger partial charge on any atom is -0.347 e. The smallest absolute Gasteiger partial charge is 0.261 e. The number of carbonyl (C=O) groups excluding carboxylic acids is 1. The predicted molar refractivity (Wildman–Crippen MR) is 78.8 cm³/mol. The molecule has 0 radical (unpaired) electrons. The molecule has 2 heterocycles. The molecule has 96 valence electrons. The summed E-state index contributed by atoms with van der Waals surface area (Å²) in [6.45, 7) is 3.35. The molecule has 0 spiro atoms. The lowest BCUT2D eigenvalue weighted by Gasteiger charge is -2.00. The molecule has 1 amide bonds. The van der Waals surface area contributed by atoms with Crippen molar-refractivity contribution in [3.8, 4) is 0 Å². The van der Waals surface area contributed by atoms with Crippen LogP contribution in [0.15, 0.2) is 26.7 Å². The van der Waals surface area contributed by atoms with Gasteiger partial charge in [0.25, 0.3) is 5.91 Å². The van der Waals surface area contributed by atoms with Gasteiger partial charge in [0, 0.05) is 29.3 Å². The van der Waals surface area contributed by atoms with Crippen LogP contribution >= 0.6 is 43.2 Å². The van der Waals surface area contributed by atoms with E-state index in [1.54, 1.807) is 12.3 Å². The largest absolute Gasteiger partial charge is 0.347 e. The topological polar surface area (TPSA) is 46.9 Å². The molecule has 18 heavy (non-hydrogen) atoms. The molecule has 0 unspecified atom stereocenters. The van der Waals surface area contributed by atoms with E-state index in [4.69, 9.17) is 0 Å². The summed E-state index contributed by atoms with van der Waals surface area (Å²) in [5.74, 6) is -0.0735. The van der Waals surface area contributed by atoms with Gasteiger partial charge in [-0.05, 0) is 44.8 Å². The van der Waals surface area contributed by atoms with E-state index in [2.05, 4.69) is 42.3 Å². The molecule has 0 atom stereocenters. The molecule has 0 saturated heterocycles. The number of aromatic nitrogens is 2. The molecular weight excluding hydrogens is 382 g/mol. The lowest BCUT2D eigenvalue weighted by atomic mass is 10.3. The fraction of sp³-hybridized carbons (Fsp3) is 0.273. The number of thiophene rings is 1. The number of hydrogen-bond donors (Lipinski definition) is 1. The molecule has 0 bridgehead atoms. The quantitative estimate of drug-likeness (QED) is 0.866. The van der Waals surface area contributed by atoms with Gasteiger partial charge < -0.3 is 5.32 Å². The van der Waals surface area contributed by atoms with Gasteiger partial charge in [-0.25, -0.2) is 0 Å². The molecule has 0 aromatic carbocycles. The standard InChI is InChI=1S/C11H11Br2N3OS/c1-2-16-6-7(5-15-16)4-14-11(17)9-3-8(12)10(13)18-9/h3,5-6H,2,4H2,1H3,(H,14,17). The second-order valence-corrected chi connectivity index (χ2v) is 6.84. The minimum atomic E-state index is -0.0735. The Morgan fingerprint density at radius 1 is 1.56 bits per heavy atom. The Balaban J connectivity index is 1.95. The van der Waals surface area contributed by atoms with Crippen molar-refractivity contribution in [2.45, 2.75) is 20.0 Å². The fourth-order valence-corrected chi connectivity index (χ4v) is 3.35. The Hall–Kier alpha value is -0.660. The van der Waals surface area contributed by atoms with Crippen LogP contribution in [0.2, 0.25) is 0 Å². The molecule has 0 aliphatic heterocycles. The van der Waals surface area contributed by atoms with E-state index >= 15 is 0 Å². The van der Waals surface area contributed by atoms with Crippen LogP contribution in [0.5, 0.6) is 0 Å². The zero-order chi connectivity index (χ0) is 13.1. The summed E-state index contributed by atoms with van der Waals surface area (Å²) in [4.78, 5) is 12.6. The van der Waals surface area contributed by atoms with Gasteiger partial charge in [0.05, 0.1) is 14.9 Å². The summed E-state index contributed by atoms with van der Waals surface area (Å²) in [6.07, 6.45) is 3.70. The van der Waals surface area contributed by atoms with Crippen LogP contribution in [0.1, 0.15) is 22.2 Å². The third-order valence-corrected chi connectivity index (χ3v) is 5.59. The summed E-state index contributed by atoms with van der Waals surface area (Å²) in [5.41, 5.74) is 1.000. The normalized spacial score (nSPS) is 10.6. The van der Waals surface area contributed by atoms with Crippen molar-refractivity contribution in [2.75, 3.05) is 0 Å². The summed E-state index contributed by atoms with van der Waals surface area (Å²) in [7, 11) is 0. The van der Waals surface area contributed by atoms with Crippen molar-refractivity contribution in [1.29, 1.82) is 0 Å². The van der Waals surface area contributed by atoms with Crippen LogP contribution < -0.4 is 5.32 Å². The molecule has 1 N–H and O–H groups in total. The summed E-state index contributed by atoms with van der Waals surface area (Å²) >= 11 is 8.14. The van der Waals surface area contributed by atoms with E-state index < -0.39 is 0 Å². The third kappa shape index (κ3) is 3.21. The molecule has 2 aromatic heterocycles. The van der Waals surface area contributed by atoms with Crippen molar-refractivity contribution in [2.24, 2.45) is 0 Å². The highest BCUT2D eigenvalue weighted by Crippen LogP contribution is 2.32. The van der Waals surface area contributed by atoms with Gasteiger partial charge in [-0.2, -0.15) is 5.10 Å². The highest BCUT2D eigenvalue weighted by atomic mass is 79.9. The minimum absolute atomic E-state index is 0.0735. The number of nitrogens with zero attached hydrogens (tertiary/aromatic N) is 2. The van der Waals surface area contributed by atoms with Gasteiger partial charge in [0.15, 0.2) is 0 Å². The van der Waals surface area contributed by atoms with E-state index in [-0.39, 0.29) is 5.91 Å². The maximum atomic E-state index is 11.9. The molecule has 2 rings (SSSR count). The van der Waals surface area contributed by atoms with Gasteiger partial charge >= 0.3 is 0 Å². The first-order valence-corrected chi connectivity index (χ1v) is 7.74. The Kier molecular flexibility index (Phi) is 4.58. The van der Waals surface area contributed by atoms with Crippen LogP contribution in [0, 0.1) is 0 Å². The van der Waals surface area contributed by atoms with E-state index in [0.29, 0.717) is 11.4 Å². The first-order valence-electron chi connectivity index (χ1n) is 5.34. The maximum absolute atomic E-state index is 11.9. The van der Waals surface area contributed by atoms with Gasteiger partial charge in [-0.15, -0.1) is 11.3 Å². The first kappa shape index (κ1) is 13.8. The van der Waals surface area contributed by atoms with Crippen molar-refractivity contribution in [1.82, 2.24) is 15.1 Å². The highest BCUT2D eigenvalue weighted by Gasteiger charge is 2.11. The highest BCUT2D eigenvalue weighted by molar-refractivity contribution is 9.13. The van der Waals surface area contributed by atoms with Gasteiger partial charge in [0.1, 0.15) is 0 Å². The van der Waals surface area contributed by atoms with Crippen LogP contribution in [0.3, 0.4) is 0 Å². The Labute approximate surface area is 126 Å². The average molecular weight is 393 g/mol. The molecule has 4 nitrogen and oxygen atoms in total. The number of nitrogens with one attached hydrogen (secondary N) is 1. The molecule has 7 heteroatoms. The molecule has 0 aliphatic rings. The Bertz CT molecular complexity index is 545. The summed E-state index contributed by atoms with van der Waals surface area (Å²) in [6, 6.07) is 1.81. The number of rotatable bonds is 4. The van der Waals surface area contributed by atoms with Crippen molar-refractivity contribution in [3.63, 3.8) is 0 Å². The third-order valence-electron chi connectivity index (χ3n) is 2.33. The number of amides is 1. The van der Waals surface area contributed by atoms with E-state index in [1.165, 1.54) is 11.3 Å². The molecular formula is C11H11Br2N3OS. The van der Waals surface area contributed by atoms with Crippen LogP contribution in [-0.4, -0.2) is 15.7 Å². The number of aryl methyl sites for hydroxylation is 1. The van der Waals surface area contributed by atoms with Crippen LogP contribution in [0.25, 0.3) is 0 Å². The van der Waals surface area contributed by atoms with Crippen molar-refractivity contribution in [3.05, 3.63) is 37.2 Å². The number of carbonyl (C=O) groups is 1. The van der Waals surface area contributed by atoms with E-state index in [1.807, 2.05) is 17.8 Å². The zero-order valence-corrected chi connectivity index (χ0v) is 13.6. The SMILES string of the molecule is CCn1cc(CNC(=O)c2cc(Br)c(Br)s2)cn1. The molecule has 0 saturated carbocycles. The second kappa shape index (κ2) is 5.99. The monoisotopic (exact) mass is 391 g/mol. The van der Waals surface area contributed by atoms with E-state index in [9.17, 15) is 4.79 Å². The lowest BCUT2D eigenvalue weighted by Crippen LogP contribution is -2.21. The Morgan fingerprint density at radius 3 is 2.89 bits per heavy atom. The van der Waals surface area contributed by atoms with E-state index in [0.717, 1.165) is 20.4 Å². The first-order chi connectivity index (χ1) is 8.60. The summed E-state index contributed by atoms with van der Waals surface area (Å²) < 4.78 is 3.66. The second-order valence-electron chi connectivity index (χ2n) is 3.62. The molecule has 2 aromatic rings. The number of hydrogen-bond acceptors (Lipinski definition) is 3. The van der Waals surface area contributed by atoms with Crippen molar-refractivity contribution < 1.29 is 4.79 Å². The van der Waals surface area contributed by atoms with Crippen LogP contribution in [0.4, 0.5) is 0 Å². The Morgan fingerprint density at radius 2 is 2.33 bits per heavy atom. The lowest BCUT2D eigenvalue weighted by molar-refractivity contribution is 0.0955. The molecule has 0 aliphatic carbocycles. The summed E-state index contributed by atoms with van der Waals surface area (Å²) in [5, 5.41) is 7.03.